The predicted molar refractivity (Wildman–Crippen MR) is 86.9 cm³/mol. The lowest BCUT2D eigenvalue weighted by Gasteiger charge is -2.11. The largest absolute Gasteiger partial charge is 0.496 e. The number of methoxy groups -OCH3 is 2. The third-order valence-corrected chi connectivity index (χ3v) is 3.49. The molecular formula is C17H15N3O4. The number of para-hydroxylation sites is 1. The van der Waals surface area contributed by atoms with Gasteiger partial charge < -0.3 is 14.6 Å². The van der Waals surface area contributed by atoms with Gasteiger partial charge in [-0.1, -0.05) is 12.1 Å². The van der Waals surface area contributed by atoms with Crippen molar-refractivity contribution in [2.75, 3.05) is 14.2 Å². The molecule has 3 aromatic rings. The first-order valence-corrected chi connectivity index (χ1v) is 7.11. The fraction of sp³-hybridized carbons (Fsp3) is 0.118. The van der Waals surface area contributed by atoms with Crippen molar-refractivity contribution in [3.05, 3.63) is 54.4 Å². The molecule has 0 saturated carbocycles. The zero-order chi connectivity index (χ0) is 17.1. The van der Waals surface area contributed by atoms with Crippen molar-refractivity contribution in [2.24, 2.45) is 0 Å². The minimum absolute atomic E-state index is 0.0632. The number of carbonyl (C=O) groups is 1. The number of hydrogen-bond acceptors (Lipinski definition) is 5. The fourth-order valence-corrected chi connectivity index (χ4v) is 2.35. The Balaban J connectivity index is 2.19. The minimum atomic E-state index is -1.11. The Morgan fingerprint density at radius 2 is 1.92 bits per heavy atom. The van der Waals surface area contributed by atoms with Crippen LogP contribution in [0.2, 0.25) is 0 Å². The normalized spacial score (nSPS) is 10.4. The van der Waals surface area contributed by atoms with Crippen LogP contribution in [0.4, 0.5) is 0 Å². The summed E-state index contributed by atoms with van der Waals surface area (Å²) in [5.74, 6) is -0.0216. The Labute approximate surface area is 138 Å². The van der Waals surface area contributed by atoms with E-state index in [1.807, 2.05) is 18.2 Å². The lowest BCUT2D eigenvalue weighted by Crippen LogP contribution is -2.03. The second-order valence-electron chi connectivity index (χ2n) is 4.89. The number of carboxylic acids is 1. The summed E-state index contributed by atoms with van der Waals surface area (Å²) < 4.78 is 11.9. The quantitative estimate of drug-likeness (QED) is 0.776. The lowest BCUT2D eigenvalue weighted by atomic mass is 10.1. The number of aromatic nitrogens is 3. The van der Waals surface area contributed by atoms with E-state index in [2.05, 4.69) is 10.1 Å². The second kappa shape index (κ2) is 6.41. The summed E-state index contributed by atoms with van der Waals surface area (Å²) in [5.41, 5.74) is 1.88. The molecule has 7 heteroatoms. The van der Waals surface area contributed by atoms with Crippen LogP contribution in [0, 0.1) is 0 Å². The molecule has 122 valence electrons. The predicted octanol–water partition coefficient (Wildman–Crippen LogP) is 2.65. The van der Waals surface area contributed by atoms with Crippen LogP contribution in [0.3, 0.4) is 0 Å². The molecule has 0 amide bonds. The standard InChI is InChI=1S/C17H15N3O4/c1-23-15-6-4-3-5-12(15)14-9-13(17(21)22)19-20(14)11-7-8-16(24-2)18-10-11/h3-10H,1-2H3,(H,21,22). The van der Waals surface area contributed by atoms with Gasteiger partial charge in [-0.15, -0.1) is 0 Å². The molecule has 0 aliphatic carbocycles. The number of rotatable bonds is 5. The molecule has 2 heterocycles. The van der Waals surface area contributed by atoms with Gasteiger partial charge >= 0.3 is 5.97 Å². The topological polar surface area (TPSA) is 86.5 Å². The molecule has 0 aliphatic heterocycles. The van der Waals surface area contributed by atoms with Gasteiger partial charge in [-0.3, -0.25) is 0 Å². The van der Waals surface area contributed by atoms with Crippen molar-refractivity contribution in [1.82, 2.24) is 14.8 Å². The molecule has 0 aliphatic rings. The molecular weight excluding hydrogens is 310 g/mol. The van der Waals surface area contributed by atoms with Crippen LogP contribution in [0.15, 0.2) is 48.7 Å². The Bertz CT molecular complexity index is 872. The number of benzene rings is 1. The van der Waals surface area contributed by atoms with E-state index in [-0.39, 0.29) is 5.69 Å². The van der Waals surface area contributed by atoms with E-state index in [0.717, 1.165) is 5.56 Å². The number of nitrogens with zero attached hydrogens (tertiary/aromatic N) is 3. The van der Waals surface area contributed by atoms with Crippen LogP contribution in [-0.4, -0.2) is 40.1 Å². The van der Waals surface area contributed by atoms with Crippen LogP contribution >= 0.6 is 0 Å². The van der Waals surface area contributed by atoms with Gasteiger partial charge in [-0.2, -0.15) is 5.10 Å². The molecule has 1 N–H and O–H groups in total. The maximum Gasteiger partial charge on any atom is 0.356 e. The molecule has 0 spiro atoms. The Morgan fingerprint density at radius 3 is 2.54 bits per heavy atom. The highest BCUT2D eigenvalue weighted by atomic mass is 16.5. The van der Waals surface area contributed by atoms with Gasteiger partial charge in [0, 0.05) is 11.6 Å². The van der Waals surface area contributed by atoms with Gasteiger partial charge in [0.1, 0.15) is 5.75 Å². The number of hydrogen-bond donors (Lipinski definition) is 1. The van der Waals surface area contributed by atoms with E-state index in [1.54, 1.807) is 31.5 Å². The fourth-order valence-electron chi connectivity index (χ4n) is 2.35. The van der Waals surface area contributed by atoms with Crippen LogP contribution in [0.1, 0.15) is 10.5 Å². The smallest absolute Gasteiger partial charge is 0.356 e. The summed E-state index contributed by atoms with van der Waals surface area (Å²) in [7, 11) is 3.09. The van der Waals surface area contributed by atoms with E-state index in [4.69, 9.17) is 9.47 Å². The summed E-state index contributed by atoms with van der Waals surface area (Å²) in [6.45, 7) is 0. The average Bonchev–Trinajstić information content (AvgIpc) is 3.07. The minimum Gasteiger partial charge on any atom is -0.496 e. The highest BCUT2D eigenvalue weighted by Gasteiger charge is 2.18. The van der Waals surface area contributed by atoms with Gasteiger partial charge in [-0.05, 0) is 24.3 Å². The Kier molecular flexibility index (Phi) is 4.15. The zero-order valence-corrected chi connectivity index (χ0v) is 13.1. The molecule has 0 fully saturated rings. The summed E-state index contributed by atoms with van der Waals surface area (Å²) >= 11 is 0. The zero-order valence-electron chi connectivity index (χ0n) is 13.1. The van der Waals surface area contributed by atoms with E-state index >= 15 is 0 Å². The number of ether oxygens (including phenoxy) is 2. The molecule has 0 radical (unpaired) electrons. The van der Waals surface area contributed by atoms with Crippen molar-refractivity contribution in [2.45, 2.75) is 0 Å². The average molecular weight is 325 g/mol. The first-order chi connectivity index (χ1) is 11.6. The molecule has 3 rings (SSSR count). The monoisotopic (exact) mass is 325 g/mol. The molecule has 0 bridgehead atoms. The molecule has 0 unspecified atom stereocenters. The van der Waals surface area contributed by atoms with E-state index < -0.39 is 5.97 Å². The molecule has 0 saturated heterocycles. The highest BCUT2D eigenvalue weighted by Crippen LogP contribution is 2.31. The first-order valence-electron chi connectivity index (χ1n) is 7.11. The van der Waals surface area contributed by atoms with E-state index in [0.29, 0.717) is 23.0 Å². The Morgan fingerprint density at radius 1 is 1.12 bits per heavy atom. The first kappa shape index (κ1) is 15.5. The summed E-state index contributed by atoms with van der Waals surface area (Å²) in [6, 6.07) is 12.3. The second-order valence-corrected chi connectivity index (χ2v) is 4.89. The SMILES string of the molecule is COc1ccc(-n2nc(C(=O)O)cc2-c2ccccc2OC)cn1. The lowest BCUT2D eigenvalue weighted by molar-refractivity contribution is 0.0690. The van der Waals surface area contributed by atoms with Gasteiger partial charge in [0.05, 0.1) is 31.8 Å². The number of pyridine rings is 1. The maximum atomic E-state index is 11.3. The van der Waals surface area contributed by atoms with E-state index in [1.165, 1.54) is 17.9 Å². The summed E-state index contributed by atoms with van der Waals surface area (Å²) in [4.78, 5) is 15.5. The van der Waals surface area contributed by atoms with Crippen molar-refractivity contribution in [3.8, 4) is 28.6 Å². The number of aromatic carboxylic acids is 1. The maximum absolute atomic E-state index is 11.3. The molecule has 1 aromatic carbocycles. The van der Waals surface area contributed by atoms with Crippen LogP contribution < -0.4 is 9.47 Å². The van der Waals surface area contributed by atoms with Gasteiger partial charge in [-0.25, -0.2) is 14.5 Å². The van der Waals surface area contributed by atoms with Crippen LogP contribution in [0.5, 0.6) is 11.6 Å². The Hall–Kier alpha value is -3.35. The molecule has 7 nitrogen and oxygen atoms in total. The van der Waals surface area contributed by atoms with Gasteiger partial charge in [0.15, 0.2) is 5.69 Å². The van der Waals surface area contributed by atoms with Crippen molar-refractivity contribution >= 4 is 5.97 Å². The number of carboxylic acid groups (broad SMARTS) is 1. The van der Waals surface area contributed by atoms with Gasteiger partial charge in [0.2, 0.25) is 5.88 Å². The van der Waals surface area contributed by atoms with Crippen LogP contribution in [-0.2, 0) is 0 Å². The van der Waals surface area contributed by atoms with E-state index in [9.17, 15) is 9.90 Å². The van der Waals surface area contributed by atoms with Gasteiger partial charge in [0.25, 0.3) is 0 Å². The van der Waals surface area contributed by atoms with Crippen LogP contribution in [0.25, 0.3) is 16.9 Å². The summed E-state index contributed by atoms with van der Waals surface area (Å²) in [5, 5.41) is 13.5. The highest BCUT2D eigenvalue weighted by molar-refractivity contribution is 5.87. The third-order valence-electron chi connectivity index (χ3n) is 3.49. The third kappa shape index (κ3) is 2.79. The van der Waals surface area contributed by atoms with Crippen molar-refractivity contribution < 1.29 is 19.4 Å². The van der Waals surface area contributed by atoms with Crippen molar-refractivity contribution in [1.29, 1.82) is 0 Å². The molecule has 24 heavy (non-hydrogen) atoms. The molecule has 0 atom stereocenters. The molecule has 2 aromatic heterocycles. The van der Waals surface area contributed by atoms with Crippen molar-refractivity contribution in [3.63, 3.8) is 0 Å². The summed E-state index contributed by atoms with van der Waals surface area (Å²) in [6.07, 6.45) is 1.57.